The summed E-state index contributed by atoms with van der Waals surface area (Å²) in [5.74, 6) is 2.03. The number of hydrogen-bond acceptors (Lipinski definition) is 3. The van der Waals surface area contributed by atoms with E-state index >= 15 is 0 Å². The minimum atomic E-state index is 0.372. The van der Waals surface area contributed by atoms with Crippen molar-refractivity contribution in [3.05, 3.63) is 11.6 Å². The van der Waals surface area contributed by atoms with Crippen LogP contribution in [0.3, 0.4) is 0 Å². The summed E-state index contributed by atoms with van der Waals surface area (Å²) in [6.07, 6.45) is 0. The summed E-state index contributed by atoms with van der Waals surface area (Å²) < 4.78 is 5.18. The van der Waals surface area contributed by atoms with Crippen molar-refractivity contribution in [3.8, 4) is 0 Å². The van der Waals surface area contributed by atoms with Crippen molar-refractivity contribution in [2.45, 2.75) is 33.3 Å². The van der Waals surface area contributed by atoms with Crippen LogP contribution in [0.2, 0.25) is 0 Å². The fourth-order valence-electron chi connectivity index (χ4n) is 0.832. The maximum atomic E-state index is 5.18. The molecule has 0 bridgehead atoms. The highest BCUT2D eigenvalue weighted by Gasteiger charge is 2.05. The molecule has 1 aromatic heterocycles. The van der Waals surface area contributed by atoms with E-state index in [9.17, 15) is 0 Å². The van der Waals surface area contributed by atoms with Crippen molar-refractivity contribution in [1.82, 2.24) is 15.2 Å². The average Bonchev–Trinajstić information content (AvgIpc) is 2.48. The van der Waals surface area contributed by atoms with Gasteiger partial charge in [-0.15, -0.1) is 0 Å². The van der Waals surface area contributed by atoms with Crippen LogP contribution in [0, 0.1) is 0 Å². The molecule has 0 aromatic carbocycles. The molecule has 1 rings (SSSR count). The summed E-state index contributed by atoms with van der Waals surface area (Å²) in [4.78, 5) is 4.26. The van der Waals surface area contributed by atoms with Gasteiger partial charge in [-0.25, -0.2) is 4.98 Å². The summed E-state index contributed by atoms with van der Waals surface area (Å²) >= 11 is 0. The van der Waals surface area contributed by atoms with Crippen LogP contribution in [-0.2, 0) is 11.3 Å². The molecule has 12 heavy (non-hydrogen) atoms. The summed E-state index contributed by atoms with van der Waals surface area (Å²) in [5, 5.41) is 6.89. The first kappa shape index (κ1) is 9.19. The Labute approximate surface area is 72.4 Å². The lowest BCUT2D eigenvalue weighted by Crippen LogP contribution is -1.94. The van der Waals surface area contributed by atoms with Gasteiger partial charge >= 0.3 is 0 Å². The Bertz CT molecular complexity index is 232. The van der Waals surface area contributed by atoms with Crippen LogP contribution in [0.4, 0.5) is 0 Å². The second kappa shape index (κ2) is 4.21. The molecule has 0 aliphatic rings. The molecule has 0 aliphatic heterocycles. The zero-order chi connectivity index (χ0) is 8.97. The number of aromatic nitrogens is 3. The lowest BCUT2D eigenvalue weighted by molar-refractivity contribution is 0.128. The molecule has 1 aromatic rings. The van der Waals surface area contributed by atoms with Gasteiger partial charge in [0, 0.05) is 12.5 Å². The van der Waals surface area contributed by atoms with Gasteiger partial charge in [0.15, 0.2) is 11.6 Å². The lowest BCUT2D eigenvalue weighted by atomic mass is 10.2. The van der Waals surface area contributed by atoms with E-state index in [1.54, 1.807) is 0 Å². The molecule has 0 amide bonds. The zero-order valence-corrected chi connectivity index (χ0v) is 7.79. The topological polar surface area (TPSA) is 50.8 Å². The molecule has 4 heteroatoms. The molecule has 0 radical (unpaired) electrons. The molecule has 0 aliphatic carbocycles. The molecule has 1 heterocycles. The largest absolute Gasteiger partial charge is 0.374 e. The van der Waals surface area contributed by atoms with E-state index in [0.29, 0.717) is 19.1 Å². The fourth-order valence-corrected chi connectivity index (χ4v) is 0.832. The number of H-pyrrole nitrogens is 1. The Hall–Kier alpha value is -0.900. The van der Waals surface area contributed by atoms with Gasteiger partial charge in [0.05, 0.1) is 0 Å². The predicted molar refractivity (Wildman–Crippen MR) is 45.8 cm³/mol. The highest BCUT2D eigenvalue weighted by atomic mass is 16.5. The first-order valence-corrected chi connectivity index (χ1v) is 4.23. The first-order chi connectivity index (χ1) is 5.74. The molecule has 0 saturated carbocycles. The number of hydrogen-bond donors (Lipinski definition) is 1. The minimum Gasteiger partial charge on any atom is -0.374 e. The highest BCUT2D eigenvalue weighted by Crippen LogP contribution is 2.07. The maximum Gasteiger partial charge on any atom is 0.153 e. The average molecular weight is 169 g/mol. The van der Waals surface area contributed by atoms with Crippen LogP contribution in [0.1, 0.15) is 38.3 Å². The second-order valence-corrected chi connectivity index (χ2v) is 2.93. The van der Waals surface area contributed by atoms with Crippen molar-refractivity contribution in [1.29, 1.82) is 0 Å². The van der Waals surface area contributed by atoms with E-state index in [2.05, 4.69) is 29.0 Å². The standard InChI is InChI=1S/C8H15N3O/c1-4-12-5-7-9-8(6(2)3)11-10-7/h6H,4-5H2,1-3H3,(H,9,10,11). The van der Waals surface area contributed by atoms with Crippen LogP contribution < -0.4 is 0 Å². The number of ether oxygens (including phenoxy) is 1. The van der Waals surface area contributed by atoms with Gasteiger partial charge < -0.3 is 4.74 Å². The van der Waals surface area contributed by atoms with E-state index < -0.39 is 0 Å². The van der Waals surface area contributed by atoms with Crippen molar-refractivity contribution in [2.75, 3.05) is 6.61 Å². The van der Waals surface area contributed by atoms with Crippen LogP contribution in [0.25, 0.3) is 0 Å². The quantitative estimate of drug-likeness (QED) is 0.742. The van der Waals surface area contributed by atoms with Gasteiger partial charge in [-0.2, -0.15) is 5.10 Å². The van der Waals surface area contributed by atoms with Gasteiger partial charge in [-0.1, -0.05) is 13.8 Å². The van der Waals surface area contributed by atoms with Crippen LogP contribution >= 0.6 is 0 Å². The van der Waals surface area contributed by atoms with Gasteiger partial charge in [-0.05, 0) is 6.92 Å². The van der Waals surface area contributed by atoms with Crippen molar-refractivity contribution in [3.63, 3.8) is 0 Å². The third-order valence-electron chi connectivity index (χ3n) is 1.51. The highest BCUT2D eigenvalue weighted by molar-refractivity contribution is 4.93. The van der Waals surface area contributed by atoms with E-state index in [0.717, 1.165) is 11.6 Å². The Kier molecular flexibility index (Phi) is 3.22. The Morgan fingerprint density at radius 3 is 2.75 bits per heavy atom. The molecule has 4 nitrogen and oxygen atoms in total. The predicted octanol–water partition coefficient (Wildman–Crippen LogP) is 1.46. The van der Waals surface area contributed by atoms with E-state index in [-0.39, 0.29) is 0 Å². The third kappa shape index (κ3) is 2.30. The molecular weight excluding hydrogens is 154 g/mol. The second-order valence-electron chi connectivity index (χ2n) is 2.93. The summed E-state index contributed by atoms with van der Waals surface area (Å²) in [7, 11) is 0. The number of rotatable bonds is 4. The summed E-state index contributed by atoms with van der Waals surface area (Å²) in [6, 6.07) is 0. The minimum absolute atomic E-state index is 0.372. The monoisotopic (exact) mass is 169 g/mol. The summed E-state index contributed by atoms with van der Waals surface area (Å²) in [5.41, 5.74) is 0. The van der Waals surface area contributed by atoms with Crippen LogP contribution in [0.5, 0.6) is 0 Å². The maximum absolute atomic E-state index is 5.18. The molecule has 68 valence electrons. The van der Waals surface area contributed by atoms with Crippen molar-refractivity contribution in [2.24, 2.45) is 0 Å². The smallest absolute Gasteiger partial charge is 0.153 e. The molecule has 0 saturated heterocycles. The summed E-state index contributed by atoms with van der Waals surface area (Å²) in [6.45, 7) is 7.31. The number of nitrogens with zero attached hydrogens (tertiary/aromatic N) is 2. The Balaban J connectivity index is 2.52. The number of aromatic amines is 1. The lowest BCUT2D eigenvalue weighted by Gasteiger charge is -1.95. The number of nitrogens with one attached hydrogen (secondary N) is 1. The van der Waals surface area contributed by atoms with E-state index in [1.165, 1.54) is 0 Å². The zero-order valence-electron chi connectivity index (χ0n) is 7.79. The van der Waals surface area contributed by atoms with Crippen LogP contribution in [0.15, 0.2) is 0 Å². The first-order valence-electron chi connectivity index (χ1n) is 4.23. The molecule has 0 fully saturated rings. The van der Waals surface area contributed by atoms with Gasteiger partial charge in [-0.3, -0.25) is 5.10 Å². The van der Waals surface area contributed by atoms with E-state index in [1.807, 2.05) is 6.92 Å². The van der Waals surface area contributed by atoms with Crippen molar-refractivity contribution >= 4 is 0 Å². The fraction of sp³-hybridized carbons (Fsp3) is 0.750. The molecular formula is C8H15N3O. The molecule has 0 atom stereocenters. The Morgan fingerprint density at radius 2 is 2.25 bits per heavy atom. The third-order valence-corrected chi connectivity index (χ3v) is 1.51. The van der Waals surface area contributed by atoms with Gasteiger partial charge in [0.25, 0.3) is 0 Å². The van der Waals surface area contributed by atoms with Gasteiger partial charge in [0.1, 0.15) is 6.61 Å². The molecule has 0 unspecified atom stereocenters. The Morgan fingerprint density at radius 1 is 1.50 bits per heavy atom. The molecule has 0 spiro atoms. The SMILES string of the molecule is CCOCc1nc(C(C)C)n[nH]1. The van der Waals surface area contributed by atoms with Crippen LogP contribution in [-0.4, -0.2) is 21.8 Å². The van der Waals surface area contributed by atoms with Crippen molar-refractivity contribution < 1.29 is 4.74 Å². The molecule has 1 N–H and O–H groups in total. The van der Waals surface area contributed by atoms with E-state index in [4.69, 9.17) is 4.74 Å². The van der Waals surface area contributed by atoms with Gasteiger partial charge in [0.2, 0.25) is 0 Å². The normalized spacial score (nSPS) is 11.0.